The van der Waals surface area contributed by atoms with Crippen LogP contribution < -0.4 is 14.8 Å². The standard InChI is InChI=1S/C27H29ClFN5O5/c1-37-23-14-18-21(30-16-31-26(18)32-17-3-4-20(29)19(28)13-17)15-24(23)38-12-2-7-33-8-10-34(11-9-33)27(36)22-5-6-25(35)39-22/h3-4,13-16,22H,2,5-12H2,1H3,(H,30,31,32). The van der Waals surface area contributed by atoms with Gasteiger partial charge >= 0.3 is 5.97 Å². The molecule has 12 heteroatoms. The number of nitrogens with zero attached hydrogens (tertiary/aromatic N) is 4. The Hall–Kier alpha value is -3.70. The van der Waals surface area contributed by atoms with Crippen molar-refractivity contribution in [3.63, 3.8) is 0 Å². The number of fused-ring (bicyclic) bond motifs is 1. The number of piperazine rings is 1. The predicted octanol–water partition coefficient (Wildman–Crippen LogP) is 3.79. The van der Waals surface area contributed by atoms with E-state index in [0.717, 1.165) is 26.1 Å². The van der Waals surface area contributed by atoms with Crippen LogP contribution in [-0.4, -0.2) is 84.2 Å². The van der Waals surface area contributed by atoms with E-state index in [4.69, 9.17) is 25.8 Å². The number of carbonyl (C=O) groups is 2. The summed E-state index contributed by atoms with van der Waals surface area (Å²) in [6.07, 6.45) is 2.40. The fourth-order valence-electron chi connectivity index (χ4n) is 4.71. The van der Waals surface area contributed by atoms with E-state index in [-0.39, 0.29) is 16.9 Å². The van der Waals surface area contributed by atoms with Crippen molar-refractivity contribution in [3.05, 3.63) is 47.5 Å². The summed E-state index contributed by atoms with van der Waals surface area (Å²) in [6, 6.07) is 7.96. The number of ether oxygens (including phenoxy) is 3. The quantitative estimate of drug-likeness (QED) is 0.310. The lowest BCUT2D eigenvalue weighted by Crippen LogP contribution is -2.51. The molecule has 10 nitrogen and oxygen atoms in total. The average molecular weight is 558 g/mol. The largest absolute Gasteiger partial charge is 0.493 e. The van der Waals surface area contributed by atoms with Gasteiger partial charge in [-0.1, -0.05) is 11.6 Å². The minimum absolute atomic E-state index is 0.0124. The van der Waals surface area contributed by atoms with E-state index in [2.05, 4.69) is 20.2 Å². The van der Waals surface area contributed by atoms with Gasteiger partial charge in [0.2, 0.25) is 0 Å². The monoisotopic (exact) mass is 557 g/mol. The van der Waals surface area contributed by atoms with Gasteiger partial charge in [0.05, 0.1) is 24.3 Å². The van der Waals surface area contributed by atoms with Gasteiger partial charge in [0.25, 0.3) is 5.91 Å². The topological polar surface area (TPSA) is 106 Å². The van der Waals surface area contributed by atoms with Gasteiger partial charge in [-0.15, -0.1) is 0 Å². The summed E-state index contributed by atoms with van der Waals surface area (Å²) in [5.74, 6) is 0.754. The molecule has 1 unspecified atom stereocenters. The molecule has 0 spiro atoms. The molecular formula is C27H29ClFN5O5. The molecule has 0 saturated carbocycles. The predicted molar refractivity (Wildman–Crippen MR) is 143 cm³/mol. The first kappa shape index (κ1) is 26.9. The SMILES string of the molecule is COc1cc2c(Nc3ccc(F)c(Cl)c3)ncnc2cc1OCCCN1CCN(C(=O)C2CCC(=O)O2)CC1. The summed E-state index contributed by atoms with van der Waals surface area (Å²) in [6.45, 7) is 4.06. The highest BCUT2D eigenvalue weighted by Gasteiger charge is 2.34. The van der Waals surface area contributed by atoms with Gasteiger partial charge in [-0.3, -0.25) is 14.5 Å². The Bertz CT molecular complexity index is 1370. The van der Waals surface area contributed by atoms with Gasteiger partial charge in [-0.05, 0) is 30.7 Å². The molecule has 0 aliphatic carbocycles. The van der Waals surface area contributed by atoms with Gasteiger partial charge in [-0.25, -0.2) is 14.4 Å². The number of methoxy groups -OCH3 is 1. The number of halogens is 2. The van der Waals surface area contributed by atoms with Gasteiger partial charge in [-0.2, -0.15) is 0 Å². The molecule has 1 N–H and O–H groups in total. The molecule has 206 valence electrons. The van der Waals surface area contributed by atoms with Crippen molar-refractivity contribution in [2.45, 2.75) is 25.4 Å². The summed E-state index contributed by atoms with van der Waals surface area (Å²) in [7, 11) is 1.57. The van der Waals surface area contributed by atoms with E-state index in [9.17, 15) is 14.0 Å². The van der Waals surface area contributed by atoms with Crippen LogP contribution >= 0.6 is 11.6 Å². The van der Waals surface area contributed by atoms with Crippen LogP contribution in [0.3, 0.4) is 0 Å². The van der Waals surface area contributed by atoms with Crippen LogP contribution in [0.25, 0.3) is 10.9 Å². The first-order chi connectivity index (χ1) is 18.9. The number of rotatable bonds is 9. The molecule has 0 bridgehead atoms. The van der Waals surface area contributed by atoms with Crippen LogP contribution in [0.1, 0.15) is 19.3 Å². The van der Waals surface area contributed by atoms with Crippen molar-refractivity contribution in [3.8, 4) is 11.5 Å². The van der Waals surface area contributed by atoms with E-state index in [0.29, 0.717) is 66.4 Å². The van der Waals surface area contributed by atoms with Crippen LogP contribution in [-0.2, 0) is 14.3 Å². The van der Waals surface area contributed by atoms with Crippen LogP contribution in [0, 0.1) is 5.82 Å². The number of nitrogens with one attached hydrogen (secondary N) is 1. The van der Waals surface area contributed by atoms with Crippen molar-refractivity contribution < 1.29 is 28.2 Å². The van der Waals surface area contributed by atoms with E-state index >= 15 is 0 Å². The molecule has 3 heterocycles. The molecule has 2 aromatic carbocycles. The first-order valence-electron chi connectivity index (χ1n) is 12.8. The Morgan fingerprint density at radius 1 is 1.18 bits per heavy atom. The minimum Gasteiger partial charge on any atom is -0.493 e. The minimum atomic E-state index is -0.618. The number of aromatic nitrogens is 2. The fraction of sp³-hybridized carbons (Fsp3) is 0.407. The fourth-order valence-corrected chi connectivity index (χ4v) is 4.89. The van der Waals surface area contributed by atoms with Crippen molar-refractivity contribution >= 4 is 45.9 Å². The van der Waals surface area contributed by atoms with Crippen LogP contribution in [0.2, 0.25) is 5.02 Å². The molecule has 2 fully saturated rings. The van der Waals surface area contributed by atoms with E-state index in [1.54, 1.807) is 30.2 Å². The molecule has 5 rings (SSSR count). The molecule has 2 saturated heterocycles. The zero-order valence-electron chi connectivity index (χ0n) is 21.5. The highest BCUT2D eigenvalue weighted by Crippen LogP contribution is 2.35. The number of hydrogen-bond acceptors (Lipinski definition) is 9. The molecular weight excluding hydrogens is 529 g/mol. The van der Waals surface area contributed by atoms with E-state index < -0.39 is 11.9 Å². The number of carbonyl (C=O) groups excluding carboxylic acids is 2. The zero-order valence-corrected chi connectivity index (χ0v) is 22.2. The maximum Gasteiger partial charge on any atom is 0.306 e. The third-order valence-electron chi connectivity index (χ3n) is 6.82. The first-order valence-corrected chi connectivity index (χ1v) is 13.2. The Morgan fingerprint density at radius 3 is 2.72 bits per heavy atom. The second-order valence-electron chi connectivity index (χ2n) is 9.38. The highest BCUT2D eigenvalue weighted by molar-refractivity contribution is 6.31. The van der Waals surface area contributed by atoms with Gasteiger partial charge in [0.15, 0.2) is 17.6 Å². The van der Waals surface area contributed by atoms with E-state index in [1.165, 1.54) is 18.5 Å². The van der Waals surface area contributed by atoms with Crippen LogP contribution in [0.15, 0.2) is 36.7 Å². The highest BCUT2D eigenvalue weighted by atomic mass is 35.5. The van der Waals surface area contributed by atoms with Crippen LogP contribution in [0.4, 0.5) is 15.9 Å². The molecule has 0 radical (unpaired) electrons. The maximum absolute atomic E-state index is 13.5. The lowest BCUT2D eigenvalue weighted by atomic mass is 10.2. The number of benzene rings is 2. The second-order valence-corrected chi connectivity index (χ2v) is 9.79. The van der Waals surface area contributed by atoms with Gasteiger partial charge in [0.1, 0.15) is 18.0 Å². The van der Waals surface area contributed by atoms with Crippen molar-refractivity contribution in [2.75, 3.05) is 51.8 Å². The number of amides is 1. The van der Waals surface area contributed by atoms with Gasteiger partial charge < -0.3 is 24.4 Å². The Balaban J connectivity index is 1.14. The summed E-state index contributed by atoms with van der Waals surface area (Å²) < 4.78 is 30.3. The summed E-state index contributed by atoms with van der Waals surface area (Å²) in [5, 5.41) is 3.87. The maximum atomic E-state index is 13.5. The van der Waals surface area contributed by atoms with Gasteiger partial charge in [0, 0.05) is 62.7 Å². The van der Waals surface area contributed by atoms with Crippen molar-refractivity contribution in [1.29, 1.82) is 0 Å². The molecule has 3 aromatic rings. The number of hydrogen-bond donors (Lipinski definition) is 1. The lowest BCUT2D eigenvalue weighted by Gasteiger charge is -2.35. The Morgan fingerprint density at radius 2 is 2.00 bits per heavy atom. The second kappa shape index (κ2) is 12.0. The number of esters is 1. The summed E-state index contributed by atoms with van der Waals surface area (Å²) in [5.41, 5.74) is 1.25. The van der Waals surface area contributed by atoms with Crippen molar-refractivity contribution in [2.24, 2.45) is 0 Å². The molecule has 1 amide bonds. The molecule has 2 aliphatic heterocycles. The number of cyclic esters (lactones) is 1. The summed E-state index contributed by atoms with van der Waals surface area (Å²) in [4.78, 5) is 36.6. The smallest absolute Gasteiger partial charge is 0.306 e. The average Bonchev–Trinajstić information content (AvgIpc) is 3.39. The normalized spacial score (nSPS) is 17.8. The molecule has 1 aromatic heterocycles. The number of anilines is 2. The summed E-state index contributed by atoms with van der Waals surface area (Å²) >= 11 is 5.91. The Kier molecular flexibility index (Phi) is 8.27. The third-order valence-corrected chi connectivity index (χ3v) is 7.11. The van der Waals surface area contributed by atoms with E-state index in [1.807, 2.05) is 0 Å². The third kappa shape index (κ3) is 6.31. The Labute approximate surface area is 230 Å². The van der Waals surface area contributed by atoms with Crippen molar-refractivity contribution in [1.82, 2.24) is 19.8 Å². The molecule has 1 atom stereocenters. The zero-order chi connectivity index (χ0) is 27.4. The molecule has 39 heavy (non-hydrogen) atoms. The van der Waals surface area contributed by atoms with Crippen LogP contribution in [0.5, 0.6) is 11.5 Å². The lowest BCUT2D eigenvalue weighted by molar-refractivity contribution is -0.153. The molecule has 2 aliphatic rings.